The van der Waals surface area contributed by atoms with Gasteiger partial charge in [0.25, 0.3) is 0 Å². The molecule has 1 aromatic carbocycles. The average molecular weight is 288 g/mol. The summed E-state index contributed by atoms with van der Waals surface area (Å²) in [5.74, 6) is 0.258. The highest BCUT2D eigenvalue weighted by Crippen LogP contribution is 2.24. The van der Waals surface area contributed by atoms with Crippen LogP contribution in [0, 0.1) is 0 Å². The lowest BCUT2D eigenvalue weighted by molar-refractivity contribution is 0.0603. The van der Waals surface area contributed by atoms with E-state index in [0.717, 1.165) is 5.56 Å². The Labute approximate surface area is 123 Å². The molecule has 0 saturated heterocycles. The van der Waals surface area contributed by atoms with Gasteiger partial charge >= 0.3 is 5.97 Å². The van der Waals surface area contributed by atoms with Gasteiger partial charge in [-0.05, 0) is 19.4 Å². The van der Waals surface area contributed by atoms with Gasteiger partial charge in [-0.3, -0.25) is 0 Å². The fourth-order valence-corrected chi connectivity index (χ4v) is 2.03. The molecule has 0 aliphatic carbocycles. The van der Waals surface area contributed by atoms with E-state index in [2.05, 4.69) is 10.4 Å². The monoisotopic (exact) mass is 288 g/mol. The first-order valence-corrected chi connectivity index (χ1v) is 6.78. The first-order chi connectivity index (χ1) is 10.0. The lowest BCUT2D eigenvalue weighted by Crippen LogP contribution is -2.14. The van der Waals surface area contributed by atoms with Crippen LogP contribution in [-0.2, 0) is 11.3 Å². The van der Waals surface area contributed by atoms with Gasteiger partial charge in [-0.1, -0.05) is 30.3 Å². The van der Waals surface area contributed by atoms with Gasteiger partial charge in [0, 0.05) is 6.04 Å². The van der Waals surface area contributed by atoms with Gasteiger partial charge in [-0.15, -0.1) is 0 Å². The van der Waals surface area contributed by atoms with Crippen molar-refractivity contribution < 1.29 is 9.53 Å². The lowest BCUT2D eigenvalue weighted by atomic mass is 10.2. The van der Waals surface area contributed by atoms with E-state index in [9.17, 15) is 4.79 Å². The highest BCUT2D eigenvalue weighted by Gasteiger charge is 2.23. The van der Waals surface area contributed by atoms with Gasteiger partial charge in [0.1, 0.15) is 11.4 Å². The van der Waals surface area contributed by atoms with E-state index in [1.807, 2.05) is 44.2 Å². The zero-order valence-electron chi connectivity index (χ0n) is 12.5. The van der Waals surface area contributed by atoms with Gasteiger partial charge in [0.2, 0.25) is 0 Å². The molecule has 2 aromatic rings. The number of hydrogen-bond donors (Lipinski definition) is 2. The van der Waals surface area contributed by atoms with Crippen molar-refractivity contribution in [1.82, 2.24) is 9.78 Å². The van der Waals surface area contributed by atoms with E-state index in [0.29, 0.717) is 18.2 Å². The maximum absolute atomic E-state index is 11.9. The highest BCUT2D eigenvalue weighted by atomic mass is 16.5. The van der Waals surface area contributed by atoms with Crippen molar-refractivity contribution in [2.24, 2.45) is 0 Å². The maximum atomic E-state index is 11.9. The summed E-state index contributed by atoms with van der Waals surface area (Å²) < 4.78 is 6.39. The molecule has 0 fully saturated rings. The predicted octanol–water partition coefficient (Wildman–Crippen LogP) is 2.12. The number of nitrogens with zero attached hydrogens (tertiary/aromatic N) is 2. The van der Waals surface area contributed by atoms with Crippen molar-refractivity contribution in [1.29, 1.82) is 0 Å². The van der Waals surface area contributed by atoms with Crippen molar-refractivity contribution in [2.75, 3.05) is 18.2 Å². The van der Waals surface area contributed by atoms with Gasteiger partial charge in [-0.25, -0.2) is 9.48 Å². The molecule has 6 heteroatoms. The molecule has 21 heavy (non-hydrogen) atoms. The molecule has 0 spiro atoms. The quantitative estimate of drug-likeness (QED) is 0.824. The zero-order valence-corrected chi connectivity index (χ0v) is 12.5. The molecule has 2 rings (SSSR count). The van der Waals surface area contributed by atoms with Crippen LogP contribution in [-0.4, -0.2) is 28.9 Å². The minimum atomic E-state index is -0.491. The molecule has 112 valence electrons. The van der Waals surface area contributed by atoms with Crippen LogP contribution >= 0.6 is 0 Å². The number of nitrogen functional groups attached to an aromatic ring is 1. The Balaban J connectivity index is 2.38. The minimum Gasteiger partial charge on any atom is -0.465 e. The molecule has 0 aliphatic rings. The van der Waals surface area contributed by atoms with Crippen molar-refractivity contribution in [2.45, 2.75) is 26.4 Å². The summed E-state index contributed by atoms with van der Waals surface area (Å²) in [5.41, 5.74) is 7.40. The molecule has 0 atom stereocenters. The second-order valence-corrected chi connectivity index (χ2v) is 5.04. The molecular formula is C15H20N4O2. The number of rotatable bonds is 5. The van der Waals surface area contributed by atoms with Crippen LogP contribution < -0.4 is 11.1 Å². The minimum absolute atomic E-state index is 0.132. The van der Waals surface area contributed by atoms with E-state index >= 15 is 0 Å². The molecule has 0 aliphatic heterocycles. The topological polar surface area (TPSA) is 82.2 Å². The molecule has 0 unspecified atom stereocenters. The largest absolute Gasteiger partial charge is 0.465 e. The van der Waals surface area contributed by atoms with Gasteiger partial charge < -0.3 is 15.8 Å². The van der Waals surface area contributed by atoms with E-state index in [1.165, 1.54) is 7.11 Å². The Bertz CT molecular complexity index is 620. The van der Waals surface area contributed by atoms with Crippen molar-refractivity contribution in [3.63, 3.8) is 0 Å². The second kappa shape index (κ2) is 6.30. The van der Waals surface area contributed by atoms with Crippen molar-refractivity contribution in [3.8, 4) is 0 Å². The van der Waals surface area contributed by atoms with Crippen LogP contribution in [0.15, 0.2) is 30.3 Å². The Morgan fingerprint density at radius 1 is 1.38 bits per heavy atom. The summed E-state index contributed by atoms with van der Waals surface area (Å²) in [4.78, 5) is 11.9. The zero-order chi connectivity index (χ0) is 15.4. The van der Waals surface area contributed by atoms with Crippen LogP contribution in [0.3, 0.4) is 0 Å². The molecular weight excluding hydrogens is 268 g/mol. The molecule has 1 heterocycles. The number of esters is 1. The molecule has 3 N–H and O–H groups in total. The van der Waals surface area contributed by atoms with Gasteiger partial charge in [-0.2, -0.15) is 5.10 Å². The molecule has 0 bridgehead atoms. The van der Waals surface area contributed by atoms with Crippen molar-refractivity contribution in [3.05, 3.63) is 41.5 Å². The number of anilines is 2. The fraction of sp³-hybridized carbons (Fsp3) is 0.333. The molecule has 0 saturated carbocycles. The standard InChI is InChI=1S/C15H20N4O2/c1-10(2)17-14-12(15(20)21-3)13(16)19(18-14)9-11-7-5-4-6-8-11/h4-8,10H,9,16H2,1-3H3,(H,17,18). The summed E-state index contributed by atoms with van der Waals surface area (Å²) >= 11 is 0. The Hall–Kier alpha value is -2.50. The Morgan fingerprint density at radius 2 is 2.05 bits per heavy atom. The SMILES string of the molecule is COC(=O)c1c(NC(C)C)nn(Cc2ccccc2)c1N. The average Bonchev–Trinajstić information content (AvgIpc) is 2.74. The number of aromatic nitrogens is 2. The summed E-state index contributed by atoms with van der Waals surface area (Å²) in [6, 6.07) is 9.94. The van der Waals surface area contributed by atoms with E-state index in [-0.39, 0.29) is 11.6 Å². The molecule has 1 aromatic heterocycles. The highest BCUT2D eigenvalue weighted by molar-refractivity contribution is 5.99. The Kier molecular flexibility index (Phi) is 4.47. The van der Waals surface area contributed by atoms with Gasteiger partial charge in [0.15, 0.2) is 5.82 Å². The normalized spacial score (nSPS) is 10.7. The second-order valence-electron chi connectivity index (χ2n) is 5.04. The smallest absolute Gasteiger partial charge is 0.345 e. The third kappa shape index (κ3) is 3.34. The predicted molar refractivity (Wildman–Crippen MR) is 82.3 cm³/mol. The van der Waals surface area contributed by atoms with E-state index < -0.39 is 5.97 Å². The third-order valence-electron chi connectivity index (χ3n) is 2.98. The number of hydrogen-bond acceptors (Lipinski definition) is 5. The van der Waals surface area contributed by atoms with E-state index in [1.54, 1.807) is 4.68 Å². The number of carbonyl (C=O) groups is 1. The lowest BCUT2D eigenvalue weighted by Gasteiger charge is -2.07. The van der Waals surface area contributed by atoms with Crippen LogP contribution in [0.5, 0.6) is 0 Å². The summed E-state index contributed by atoms with van der Waals surface area (Å²) in [6.45, 7) is 4.43. The van der Waals surface area contributed by atoms with Crippen LogP contribution in [0.2, 0.25) is 0 Å². The first-order valence-electron chi connectivity index (χ1n) is 6.78. The maximum Gasteiger partial charge on any atom is 0.345 e. The Morgan fingerprint density at radius 3 is 2.62 bits per heavy atom. The number of ether oxygens (including phenoxy) is 1. The third-order valence-corrected chi connectivity index (χ3v) is 2.98. The summed E-state index contributed by atoms with van der Waals surface area (Å²) in [7, 11) is 1.33. The number of nitrogens with one attached hydrogen (secondary N) is 1. The number of nitrogens with two attached hydrogens (primary N) is 1. The van der Waals surface area contributed by atoms with Crippen LogP contribution in [0.25, 0.3) is 0 Å². The number of methoxy groups -OCH3 is 1. The number of benzene rings is 1. The first kappa shape index (κ1) is 14.9. The summed E-state index contributed by atoms with van der Waals surface area (Å²) in [5, 5.41) is 7.52. The fourth-order valence-electron chi connectivity index (χ4n) is 2.03. The van der Waals surface area contributed by atoms with Crippen LogP contribution in [0.1, 0.15) is 29.8 Å². The van der Waals surface area contributed by atoms with Crippen molar-refractivity contribution >= 4 is 17.6 Å². The van der Waals surface area contributed by atoms with Gasteiger partial charge in [0.05, 0.1) is 13.7 Å². The van der Waals surface area contributed by atoms with E-state index in [4.69, 9.17) is 10.5 Å². The summed E-state index contributed by atoms with van der Waals surface area (Å²) in [6.07, 6.45) is 0. The van der Waals surface area contributed by atoms with Crippen LogP contribution in [0.4, 0.5) is 11.6 Å². The molecule has 0 radical (unpaired) electrons. The number of carbonyl (C=O) groups excluding carboxylic acids is 1. The molecule has 0 amide bonds. The molecule has 6 nitrogen and oxygen atoms in total.